The van der Waals surface area contributed by atoms with Crippen LogP contribution in [0.5, 0.6) is 0 Å². The van der Waals surface area contributed by atoms with E-state index in [-0.39, 0.29) is 11.9 Å². The number of nitrogens with zero attached hydrogens (tertiary/aromatic N) is 1. The molecule has 0 fully saturated rings. The van der Waals surface area contributed by atoms with Crippen molar-refractivity contribution < 1.29 is 4.39 Å². The van der Waals surface area contributed by atoms with Crippen molar-refractivity contribution in [1.82, 2.24) is 5.32 Å². The van der Waals surface area contributed by atoms with E-state index in [2.05, 4.69) is 5.32 Å². The third kappa shape index (κ3) is 2.93. The molecule has 0 aromatic heterocycles. The minimum atomic E-state index is -0.401. The van der Waals surface area contributed by atoms with Gasteiger partial charge in [0.05, 0.1) is 5.69 Å². The van der Waals surface area contributed by atoms with Crippen LogP contribution in [-0.4, -0.2) is 18.5 Å². The molecule has 0 atom stereocenters. The topological polar surface area (TPSA) is 89.0 Å². The summed E-state index contributed by atoms with van der Waals surface area (Å²) in [5.74, 6) is -0.863. The number of halogens is 1. The zero-order valence-electron chi connectivity index (χ0n) is 9.84. The minimum absolute atomic E-state index is 0.117. The van der Waals surface area contributed by atoms with E-state index in [1.54, 1.807) is 26.0 Å². The van der Waals surface area contributed by atoms with Gasteiger partial charge in [-0.2, -0.15) is 0 Å². The maximum atomic E-state index is 13.7. The first-order chi connectivity index (χ1) is 7.97. The molecule has 5 nitrogen and oxygen atoms in total. The van der Waals surface area contributed by atoms with Crippen molar-refractivity contribution in [2.24, 2.45) is 5.73 Å². The predicted molar refractivity (Wildman–Crippen MR) is 66.9 cm³/mol. The van der Waals surface area contributed by atoms with Crippen LogP contribution in [0.25, 0.3) is 0 Å². The van der Waals surface area contributed by atoms with Crippen LogP contribution in [0.15, 0.2) is 18.2 Å². The van der Waals surface area contributed by atoms with Gasteiger partial charge in [-0.05, 0) is 25.5 Å². The van der Waals surface area contributed by atoms with Crippen LogP contribution in [-0.2, 0) is 0 Å². The number of nitrogens with one attached hydrogen (secondary N) is 3. The lowest BCUT2D eigenvalue weighted by Crippen LogP contribution is -2.46. The molecule has 0 aliphatic carbocycles. The molecule has 0 aliphatic heterocycles. The highest BCUT2D eigenvalue weighted by Gasteiger charge is 2.16. The highest BCUT2D eigenvalue weighted by Crippen LogP contribution is 2.23. The van der Waals surface area contributed by atoms with Crippen LogP contribution in [0.3, 0.4) is 0 Å². The molecule has 0 amide bonds. The molecule has 17 heavy (non-hydrogen) atoms. The van der Waals surface area contributed by atoms with Crippen molar-refractivity contribution in [2.75, 3.05) is 11.4 Å². The molecule has 1 aromatic rings. The van der Waals surface area contributed by atoms with Crippen LogP contribution < -0.4 is 16.0 Å². The van der Waals surface area contributed by atoms with E-state index in [9.17, 15) is 4.39 Å². The van der Waals surface area contributed by atoms with Gasteiger partial charge in [0, 0.05) is 6.54 Å². The largest absolute Gasteiger partial charge is 0.370 e. The van der Waals surface area contributed by atoms with Gasteiger partial charge < -0.3 is 10.6 Å². The molecular weight excluding hydrogens is 221 g/mol. The summed E-state index contributed by atoms with van der Waals surface area (Å²) in [4.78, 5) is 1.42. The van der Waals surface area contributed by atoms with Crippen LogP contribution in [0.4, 0.5) is 10.1 Å². The SMILES string of the molecule is CCN(C(=N)NC(=N)N)c1c(C)cccc1F. The Hall–Kier alpha value is -2.11. The first-order valence-electron chi connectivity index (χ1n) is 5.19. The lowest BCUT2D eigenvalue weighted by Gasteiger charge is -2.25. The van der Waals surface area contributed by atoms with E-state index in [1.165, 1.54) is 11.0 Å². The Labute approximate surface area is 99.4 Å². The molecule has 0 bridgehead atoms. The summed E-state index contributed by atoms with van der Waals surface area (Å²) < 4.78 is 13.7. The van der Waals surface area contributed by atoms with Crippen molar-refractivity contribution in [2.45, 2.75) is 13.8 Å². The fourth-order valence-electron chi connectivity index (χ4n) is 1.59. The molecule has 1 aromatic carbocycles. The summed E-state index contributed by atoms with van der Waals surface area (Å²) >= 11 is 0. The van der Waals surface area contributed by atoms with E-state index >= 15 is 0 Å². The van der Waals surface area contributed by atoms with Gasteiger partial charge in [-0.25, -0.2) is 4.39 Å². The molecule has 0 unspecified atom stereocenters. The number of aryl methyl sites for hydroxylation is 1. The van der Waals surface area contributed by atoms with Crippen molar-refractivity contribution in [1.29, 1.82) is 10.8 Å². The Morgan fingerprint density at radius 1 is 1.47 bits per heavy atom. The number of hydrogen-bond donors (Lipinski definition) is 4. The summed E-state index contributed by atoms with van der Waals surface area (Å²) in [6, 6.07) is 4.72. The quantitative estimate of drug-likeness (QED) is 0.463. The number of hydrogen-bond acceptors (Lipinski definition) is 2. The maximum absolute atomic E-state index is 13.7. The molecule has 0 saturated carbocycles. The number of guanidine groups is 2. The molecule has 0 aliphatic rings. The summed E-state index contributed by atoms with van der Waals surface area (Å²) in [7, 11) is 0. The Kier molecular flexibility index (Phi) is 4.03. The Morgan fingerprint density at radius 2 is 2.12 bits per heavy atom. The second-order valence-corrected chi connectivity index (χ2v) is 3.54. The van der Waals surface area contributed by atoms with Crippen LogP contribution in [0, 0.1) is 23.6 Å². The van der Waals surface area contributed by atoms with Crippen molar-refractivity contribution >= 4 is 17.6 Å². The van der Waals surface area contributed by atoms with Gasteiger partial charge in [-0.3, -0.25) is 16.1 Å². The van der Waals surface area contributed by atoms with Crippen molar-refractivity contribution in [3.8, 4) is 0 Å². The zero-order chi connectivity index (χ0) is 13.0. The third-order valence-electron chi connectivity index (χ3n) is 2.30. The summed E-state index contributed by atoms with van der Waals surface area (Å²) in [6.07, 6.45) is 0. The maximum Gasteiger partial charge on any atom is 0.202 e. The van der Waals surface area contributed by atoms with Crippen LogP contribution in [0.1, 0.15) is 12.5 Å². The number of nitrogens with two attached hydrogens (primary N) is 1. The molecule has 0 spiro atoms. The molecule has 1 rings (SSSR count). The molecule has 0 heterocycles. The lowest BCUT2D eigenvalue weighted by molar-refractivity contribution is 0.625. The van der Waals surface area contributed by atoms with Crippen molar-refractivity contribution in [3.05, 3.63) is 29.6 Å². The third-order valence-corrected chi connectivity index (χ3v) is 2.30. The molecular formula is C11H16FN5. The summed E-state index contributed by atoms with van der Waals surface area (Å²) in [5, 5.41) is 17.2. The zero-order valence-corrected chi connectivity index (χ0v) is 9.84. The standard InChI is InChI=1S/C11H16FN5/c1-3-17(11(15)16-10(13)14)9-7(2)5-4-6-8(9)12/h4-6H,3H2,1-2H3,(H5,13,14,15,16). The number of anilines is 1. The minimum Gasteiger partial charge on any atom is -0.370 e. The van der Waals surface area contributed by atoms with Gasteiger partial charge in [0.1, 0.15) is 5.82 Å². The first kappa shape index (κ1) is 13.0. The van der Waals surface area contributed by atoms with Gasteiger partial charge in [0.15, 0.2) is 5.96 Å². The second-order valence-electron chi connectivity index (χ2n) is 3.54. The van der Waals surface area contributed by atoms with Crippen LogP contribution in [0.2, 0.25) is 0 Å². The van der Waals surface area contributed by atoms with Gasteiger partial charge in [-0.1, -0.05) is 12.1 Å². The highest BCUT2D eigenvalue weighted by atomic mass is 19.1. The van der Waals surface area contributed by atoms with Gasteiger partial charge >= 0.3 is 0 Å². The van der Waals surface area contributed by atoms with E-state index in [0.717, 1.165) is 5.56 Å². The van der Waals surface area contributed by atoms with E-state index < -0.39 is 5.82 Å². The lowest BCUT2D eigenvalue weighted by atomic mass is 10.1. The van der Waals surface area contributed by atoms with Gasteiger partial charge in [-0.15, -0.1) is 0 Å². The molecule has 0 radical (unpaired) electrons. The first-order valence-corrected chi connectivity index (χ1v) is 5.19. The fraction of sp³-hybridized carbons (Fsp3) is 0.273. The van der Waals surface area contributed by atoms with Gasteiger partial charge in [0.25, 0.3) is 0 Å². The molecule has 92 valence electrons. The smallest absolute Gasteiger partial charge is 0.202 e. The van der Waals surface area contributed by atoms with E-state index in [1.807, 2.05) is 0 Å². The molecule has 6 heteroatoms. The van der Waals surface area contributed by atoms with Crippen LogP contribution >= 0.6 is 0 Å². The normalized spacial score (nSPS) is 9.82. The highest BCUT2D eigenvalue weighted by molar-refractivity contribution is 6.04. The monoisotopic (exact) mass is 237 g/mol. The number of para-hydroxylation sites is 1. The Balaban J connectivity index is 3.09. The van der Waals surface area contributed by atoms with E-state index in [4.69, 9.17) is 16.6 Å². The average Bonchev–Trinajstić information content (AvgIpc) is 2.22. The number of benzene rings is 1. The van der Waals surface area contributed by atoms with E-state index in [0.29, 0.717) is 12.2 Å². The average molecular weight is 237 g/mol. The molecule has 5 N–H and O–H groups in total. The predicted octanol–water partition coefficient (Wildman–Crippen LogP) is 1.38. The Bertz CT molecular complexity index is 423. The molecule has 0 saturated heterocycles. The summed E-state index contributed by atoms with van der Waals surface area (Å²) in [5.41, 5.74) is 6.20. The van der Waals surface area contributed by atoms with Crippen molar-refractivity contribution in [3.63, 3.8) is 0 Å². The fourth-order valence-corrected chi connectivity index (χ4v) is 1.59. The van der Waals surface area contributed by atoms with Gasteiger partial charge in [0.2, 0.25) is 5.96 Å². The second kappa shape index (κ2) is 5.29. The Morgan fingerprint density at radius 3 is 2.59 bits per heavy atom. The summed E-state index contributed by atoms with van der Waals surface area (Å²) in [6.45, 7) is 3.96. The number of rotatable bonds is 2.